The molecule has 5 N–H and O–H groups in total. The molecule has 1 aromatic heterocycles. The molecule has 1 amide bonds. The van der Waals surface area contributed by atoms with Gasteiger partial charge in [-0.2, -0.15) is 0 Å². The maximum atomic E-state index is 13.3. The van der Waals surface area contributed by atoms with Gasteiger partial charge in [-0.1, -0.05) is 59.8 Å². The maximum Gasteiger partial charge on any atom is 0.326 e. The number of aliphatic carboxylic acids is 1. The number of hydrogen-bond donors (Lipinski definition) is 5. The van der Waals surface area contributed by atoms with Crippen LogP contribution in [0.15, 0.2) is 72.7 Å². The third-order valence-corrected chi connectivity index (χ3v) is 7.59. The number of benzene rings is 2. The van der Waals surface area contributed by atoms with Gasteiger partial charge in [0, 0.05) is 30.9 Å². The molecule has 6 bridgehead atoms. The Kier molecular flexibility index (Phi) is 7.58. The highest BCUT2D eigenvalue weighted by Gasteiger charge is 2.31. The lowest BCUT2D eigenvalue weighted by atomic mass is 10.1. The molecule has 0 fully saturated rings. The summed E-state index contributed by atoms with van der Waals surface area (Å²) in [6.07, 6.45) is 3.20. The Bertz CT molecular complexity index is 1490. The van der Waals surface area contributed by atoms with Crippen LogP contribution < -0.4 is 21.0 Å². The zero-order valence-electron chi connectivity index (χ0n) is 20.8. The Morgan fingerprint density at radius 3 is 2.62 bits per heavy atom. The van der Waals surface area contributed by atoms with Crippen molar-refractivity contribution in [1.29, 1.82) is 0 Å². The second-order valence-electron chi connectivity index (χ2n) is 9.47. The van der Waals surface area contributed by atoms with Gasteiger partial charge in [-0.25, -0.2) is 22.6 Å². The standard InChI is InChI=1S/C25H28N8O5S/c34-24-22(29-39(37,38)16-17-5-2-1-3-6-17)10-20-14-32(30-27-20)12-18-7-4-8-19(9-18)13-33-15-21(28-31-33)11-23(26-24)25(35)36/h1-9,14-15,22-23,27,29-30H,10-13,16H2,(H,26,34)(H,35,36)/t22-,23+/m1/s1. The largest absolute Gasteiger partial charge is 0.480 e. The number of carbonyl (C=O) groups is 2. The summed E-state index contributed by atoms with van der Waals surface area (Å²) in [6, 6.07) is 13.8. The number of nitrogens with one attached hydrogen (secondary N) is 4. The summed E-state index contributed by atoms with van der Waals surface area (Å²) in [5.41, 5.74) is 9.44. The predicted octanol–water partition coefficient (Wildman–Crippen LogP) is -0.00360. The molecule has 0 saturated carbocycles. The molecule has 13 nitrogen and oxygen atoms in total. The van der Waals surface area contributed by atoms with Gasteiger partial charge < -0.3 is 15.8 Å². The van der Waals surface area contributed by atoms with Crippen LogP contribution in [-0.2, 0) is 44.9 Å². The third kappa shape index (κ3) is 6.98. The van der Waals surface area contributed by atoms with E-state index in [-0.39, 0.29) is 18.6 Å². The first-order valence-corrected chi connectivity index (χ1v) is 13.9. The number of hydrazine groups is 2. The van der Waals surface area contributed by atoms with Crippen molar-refractivity contribution in [2.45, 2.75) is 43.8 Å². The van der Waals surface area contributed by atoms with Gasteiger partial charge in [0.15, 0.2) is 0 Å². The summed E-state index contributed by atoms with van der Waals surface area (Å²) < 4.78 is 30.1. The number of aromatic nitrogens is 3. The summed E-state index contributed by atoms with van der Waals surface area (Å²) in [6.45, 7) is 0.924. The molecule has 2 aliphatic rings. The van der Waals surface area contributed by atoms with E-state index in [0.29, 0.717) is 30.0 Å². The molecule has 2 aromatic carbocycles. The van der Waals surface area contributed by atoms with Crippen molar-refractivity contribution in [1.82, 2.24) is 41.0 Å². The van der Waals surface area contributed by atoms with E-state index < -0.39 is 34.0 Å². The van der Waals surface area contributed by atoms with Crippen molar-refractivity contribution in [2.24, 2.45) is 0 Å². The van der Waals surface area contributed by atoms with Crippen LogP contribution in [0.25, 0.3) is 0 Å². The van der Waals surface area contributed by atoms with E-state index in [1.807, 2.05) is 24.3 Å². The number of carboxylic acids is 1. The molecular formula is C25H28N8O5S. The number of rotatable bonds is 5. The SMILES string of the molecule is O=C(O)[C@@H]1Cc2cn(nn2)Cc2cccc(c2)CN2C=C(C[C@@H](NS(=O)(=O)Cc3ccccc3)C(=O)N1)NN2. The molecule has 0 unspecified atom stereocenters. The van der Waals surface area contributed by atoms with Crippen LogP contribution in [0.5, 0.6) is 0 Å². The van der Waals surface area contributed by atoms with E-state index in [1.165, 1.54) is 0 Å². The average Bonchev–Trinajstić information content (AvgIpc) is 3.52. The van der Waals surface area contributed by atoms with Gasteiger partial charge in [0.05, 0.1) is 24.5 Å². The van der Waals surface area contributed by atoms with Crippen molar-refractivity contribution in [2.75, 3.05) is 0 Å². The predicted molar refractivity (Wildman–Crippen MR) is 139 cm³/mol. The number of carboxylic acid groups (broad SMARTS) is 1. The average molecular weight is 553 g/mol. The van der Waals surface area contributed by atoms with Gasteiger partial charge in [0.25, 0.3) is 0 Å². The minimum atomic E-state index is -3.96. The molecule has 3 heterocycles. The lowest BCUT2D eigenvalue weighted by Gasteiger charge is -2.21. The monoisotopic (exact) mass is 552 g/mol. The number of fused-ring (bicyclic) bond motifs is 5. The Hall–Kier alpha value is -4.27. The van der Waals surface area contributed by atoms with E-state index in [1.54, 1.807) is 52.4 Å². The van der Waals surface area contributed by atoms with Gasteiger partial charge in [0.2, 0.25) is 15.9 Å². The van der Waals surface area contributed by atoms with E-state index >= 15 is 0 Å². The quantitative estimate of drug-likeness (QED) is 0.290. The second kappa shape index (κ2) is 11.2. The zero-order chi connectivity index (χ0) is 27.4. The number of nitrogens with zero attached hydrogens (tertiary/aromatic N) is 4. The van der Waals surface area contributed by atoms with E-state index in [9.17, 15) is 23.1 Å². The van der Waals surface area contributed by atoms with Crippen molar-refractivity contribution in [3.63, 3.8) is 0 Å². The third-order valence-electron chi connectivity index (χ3n) is 6.24. The van der Waals surface area contributed by atoms with Crippen molar-refractivity contribution < 1.29 is 23.1 Å². The van der Waals surface area contributed by atoms with Gasteiger partial charge in [-0.15, -0.1) is 10.6 Å². The van der Waals surface area contributed by atoms with Gasteiger partial charge >= 0.3 is 5.97 Å². The number of carbonyl (C=O) groups excluding carboxylic acids is 1. The van der Waals surface area contributed by atoms with Gasteiger partial charge in [0.1, 0.15) is 12.1 Å². The Labute approximate surface area is 224 Å². The topological polar surface area (TPSA) is 171 Å². The second-order valence-corrected chi connectivity index (χ2v) is 11.2. The maximum absolute atomic E-state index is 13.3. The minimum Gasteiger partial charge on any atom is -0.480 e. The number of amides is 1. The number of hydrogen-bond acceptors (Lipinski definition) is 9. The molecular weight excluding hydrogens is 524 g/mol. The molecule has 3 aromatic rings. The summed E-state index contributed by atoms with van der Waals surface area (Å²) in [5, 5.41) is 22.2. The molecule has 39 heavy (non-hydrogen) atoms. The van der Waals surface area contributed by atoms with Crippen LogP contribution in [0.4, 0.5) is 0 Å². The van der Waals surface area contributed by atoms with Crippen LogP contribution in [-0.4, -0.2) is 57.5 Å². The number of sulfonamides is 1. The van der Waals surface area contributed by atoms with E-state index in [2.05, 4.69) is 31.3 Å². The molecule has 0 spiro atoms. The minimum absolute atomic E-state index is 0.0497. The first-order valence-electron chi connectivity index (χ1n) is 12.3. The molecule has 2 aliphatic heterocycles. The fraction of sp³-hybridized carbons (Fsp3) is 0.280. The zero-order valence-corrected chi connectivity index (χ0v) is 21.6. The van der Waals surface area contributed by atoms with Crippen LogP contribution in [0.1, 0.15) is 28.8 Å². The van der Waals surface area contributed by atoms with Crippen molar-refractivity contribution in [3.05, 3.63) is 95.1 Å². The highest BCUT2D eigenvalue weighted by molar-refractivity contribution is 7.88. The molecule has 5 rings (SSSR count). The summed E-state index contributed by atoms with van der Waals surface area (Å²) >= 11 is 0. The highest BCUT2D eigenvalue weighted by atomic mass is 32.2. The summed E-state index contributed by atoms with van der Waals surface area (Å²) in [5.74, 6) is -2.39. The van der Waals surface area contributed by atoms with Crippen molar-refractivity contribution >= 4 is 21.9 Å². The lowest BCUT2D eigenvalue weighted by Crippen LogP contribution is -2.52. The van der Waals surface area contributed by atoms with Crippen LogP contribution in [0.3, 0.4) is 0 Å². The van der Waals surface area contributed by atoms with Crippen molar-refractivity contribution in [3.8, 4) is 0 Å². The molecule has 0 radical (unpaired) electrons. The highest BCUT2D eigenvalue weighted by Crippen LogP contribution is 2.16. The Morgan fingerprint density at radius 1 is 1.08 bits per heavy atom. The summed E-state index contributed by atoms with van der Waals surface area (Å²) in [7, 11) is -3.96. The smallest absolute Gasteiger partial charge is 0.326 e. The molecule has 204 valence electrons. The first kappa shape index (κ1) is 26.3. The molecule has 0 aliphatic carbocycles. The van der Waals surface area contributed by atoms with E-state index in [0.717, 1.165) is 11.1 Å². The fourth-order valence-corrected chi connectivity index (χ4v) is 5.78. The molecule has 2 atom stereocenters. The van der Waals surface area contributed by atoms with Crippen LogP contribution in [0.2, 0.25) is 0 Å². The first-order chi connectivity index (χ1) is 18.7. The Balaban J connectivity index is 1.44. The van der Waals surface area contributed by atoms with E-state index in [4.69, 9.17) is 0 Å². The normalized spacial score (nSPS) is 19.9. The fourth-order valence-electron chi connectivity index (χ4n) is 4.45. The molecule has 14 heteroatoms. The molecule has 0 saturated heterocycles. The van der Waals surface area contributed by atoms with Crippen LogP contribution in [0, 0.1) is 0 Å². The van der Waals surface area contributed by atoms with Gasteiger partial charge in [-0.3, -0.25) is 9.80 Å². The lowest BCUT2D eigenvalue weighted by molar-refractivity contribution is -0.142. The van der Waals surface area contributed by atoms with Crippen LogP contribution >= 0.6 is 0 Å². The summed E-state index contributed by atoms with van der Waals surface area (Å²) in [4.78, 5) is 25.4. The van der Waals surface area contributed by atoms with Gasteiger partial charge in [-0.05, 0) is 16.7 Å². The Morgan fingerprint density at radius 2 is 1.85 bits per heavy atom.